The minimum atomic E-state index is 0.0637. The van der Waals surface area contributed by atoms with Gasteiger partial charge < -0.3 is 19.9 Å². The number of carbonyl (C=O) groups excluding carboxylic acids is 1. The van der Waals surface area contributed by atoms with Crippen LogP contribution in [0.3, 0.4) is 0 Å². The average molecular weight is 355 g/mol. The molecule has 1 saturated heterocycles. The quantitative estimate of drug-likeness (QED) is 0.784. The standard InChI is InChI=1S/C20H26N4O2/c1-2-26-18-8-6-17(7-9-18)22-20(25)10-12-23-13-15-24(16-14-23)19-5-3-4-11-21-19/h3-9,11H,2,10,12-16H2,1H3,(H,22,25)/p+1. The van der Waals surface area contributed by atoms with E-state index >= 15 is 0 Å². The van der Waals surface area contributed by atoms with E-state index in [4.69, 9.17) is 4.74 Å². The SMILES string of the molecule is CCOc1ccc(NC(=O)CC[NH+]2CCN(c3ccccn3)CC2)cc1. The van der Waals surface area contributed by atoms with Crippen molar-refractivity contribution in [3.05, 3.63) is 48.7 Å². The number of amides is 1. The van der Waals surface area contributed by atoms with E-state index in [0.29, 0.717) is 13.0 Å². The molecule has 138 valence electrons. The molecule has 6 nitrogen and oxygen atoms in total. The summed E-state index contributed by atoms with van der Waals surface area (Å²) in [6.45, 7) is 7.48. The van der Waals surface area contributed by atoms with Crippen LogP contribution in [0, 0.1) is 0 Å². The van der Waals surface area contributed by atoms with Crippen LogP contribution in [0.1, 0.15) is 13.3 Å². The lowest BCUT2D eigenvalue weighted by atomic mass is 10.2. The number of anilines is 2. The van der Waals surface area contributed by atoms with Crippen molar-refractivity contribution < 1.29 is 14.4 Å². The molecular weight excluding hydrogens is 328 g/mol. The van der Waals surface area contributed by atoms with Gasteiger partial charge in [0.2, 0.25) is 5.91 Å². The third-order valence-corrected chi connectivity index (χ3v) is 4.60. The third kappa shape index (κ3) is 5.20. The first kappa shape index (κ1) is 18.2. The van der Waals surface area contributed by atoms with Crippen molar-refractivity contribution in [3.8, 4) is 5.75 Å². The van der Waals surface area contributed by atoms with Crippen LogP contribution in [-0.2, 0) is 4.79 Å². The largest absolute Gasteiger partial charge is 0.494 e. The molecule has 3 rings (SSSR count). The highest BCUT2D eigenvalue weighted by atomic mass is 16.5. The van der Waals surface area contributed by atoms with E-state index < -0.39 is 0 Å². The number of hydrogen-bond donors (Lipinski definition) is 2. The number of rotatable bonds is 7. The summed E-state index contributed by atoms with van der Waals surface area (Å²) < 4.78 is 5.41. The van der Waals surface area contributed by atoms with Crippen molar-refractivity contribution >= 4 is 17.4 Å². The Morgan fingerprint density at radius 2 is 1.96 bits per heavy atom. The number of ether oxygens (including phenoxy) is 1. The van der Waals surface area contributed by atoms with Gasteiger partial charge in [-0.2, -0.15) is 0 Å². The molecule has 0 aliphatic carbocycles. The van der Waals surface area contributed by atoms with Crippen molar-refractivity contribution in [1.29, 1.82) is 0 Å². The summed E-state index contributed by atoms with van der Waals surface area (Å²) in [5.41, 5.74) is 0.813. The minimum Gasteiger partial charge on any atom is -0.494 e. The Balaban J connectivity index is 1.38. The summed E-state index contributed by atoms with van der Waals surface area (Å²) in [5, 5.41) is 2.96. The molecule has 0 radical (unpaired) electrons. The lowest BCUT2D eigenvalue weighted by molar-refractivity contribution is -0.900. The topological polar surface area (TPSA) is 58.9 Å². The molecule has 2 N–H and O–H groups in total. The van der Waals surface area contributed by atoms with Crippen LogP contribution in [0.5, 0.6) is 5.75 Å². The average Bonchev–Trinajstić information content (AvgIpc) is 2.69. The molecule has 0 spiro atoms. The first-order valence-electron chi connectivity index (χ1n) is 9.27. The Morgan fingerprint density at radius 3 is 2.62 bits per heavy atom. The lowest BCUT2D eigenvalue weighted by Crippen LogP contribution is -3.15. The summed E-state index contributed by atoms with van der Waals surface area (Å²) in [6, 6.07) is 13.5. The summed E-state index contributed by atoms with van der Waals surface area (Å²) in [4.78, 5) is 20.4. The van der Waals surface area contributed by atoms with E-state index in [1.807, 2.05) is 49.5 Å². The number of nitrogens with one attached hydrogen (secondary N) is 2. The number of hydrogen-bond acceptors (Lipinski definition) is 4. The Morgan fingerprint density at radius 1 is 1.19 bits per heavy atom. The second-order valence-corrected chi connectivity index (χ2v) is 6.43. The first-order valence-corrected chi connectivity index (χ1v) is 9.27. The number of aromatic nitrogens is 1. The van der Waals surface area contributed by atoms with Gasteiger partial charge in [0.15, 0.2) is 0 Å². The monoisotopic (exact) mass is 355 g/mol. The molecule has 0 saturated carbocycles. The molecule has 1 aliphatic rings. The molecule has 2 heterocycles. The van der Waals surface area contributed by atoms with E-state index in [0.717, 1.165) is 50.0 Å². The highest BCUT2D eigenvalue weighted by Gasteiger charge is 2.21. The zero-order valence-electron chi connectivity index (χ0n) is 15.3. The molecule has 1 amide bonds. The highest BCUT2D eigenvalue weighted by Crippen LogP contribution is 2.15. The van der Waals surface area contributed by atoms with E-state index in [2.05, 4.69) is 21.3 Å². The smallest absolute Gasteiger partial charge is 0.230 e. The van der Waals surface area contributed by atoms with Crippen LogP contribution in [-0.4, -0.2) is 50.2 Å². The van der Waals surface area contributed by atoms with E-state index in [9.17, 15) is 4.79 Å². The number of benzene rings is 1. The number of piperazine rings is 1. The van der Waals surface area contributed by atoms with E-state index in [1.54, 1.807) is 0 Å². The summed E-state index contributed by atoms with van der Waals surface area (Å²) >= 11 is 0. The van der Waals surface area contributed by atoms with Crippen LogP contribution in [0.4, 0.5) is 11.5 Å². The molecule has 1 aliphatic heterocycles. The predicted molar refractivity (Wildman–Crippen MR) is 103 cm³/mol. The summed E-state index contributed by atoms with van der Waals surface area (Å²) in [7, 11) is 0. The zero-order valence-corrected chi connectivity index (χ0v) is 15.3. The van der Waals surface area contributed by atoms with Gasteiger partial charge in [0.25, 0.3) is 0 Å². The lowest BCUT2D eigenvalue weighted by Gasteiger charge is -2.32. The van der Waals surface area contributed by atoms with Gasteiger partial charge in [-0.05, 0) is 43.3 Å². The Hall–Kier alpha value is -2.60. The number of pyridine rings is 1. The van der Waals surface area contributed by atoms with Crippen molar-refractivity contribution in [2.24, 2.45) is 0 Å². The highest BCUT2D eigenvalue weighted by molar-refractivity contribution is 5.90. The van der Waals surface area contributed by atoms with Gasteiger partial charge in [0.05, 0.1) is 45.8 Å². The van der Waals surface area contributed by atoms with Gasteiger partial charge in [-0.25, -0.2) is 4.98 Å². The fraction of sp³-hybridized carbons (Fsp3) is 0.400. The fourth-order valence-corrected chi connectivity index (χ4v) is 3.16. The Labute approximate surface area is 154 Å². The fourth-order valence-electron chi connectivity index (χ4n) is 3.16. The zero-order chi connectivity index (χ0) is 18.2. The molecule has 0 unspecified atom stereocenters. The van der Waals surface area contributed by atoms with E-state index in [1.165, 1.54) is 4.90 Å². The maximum atomic E-state index is 12.2. The number of quaternary nitrogens is 1. The van der Waals surface area contributed by atoms with Crippen LogP contribution >= 0.6 is 0 Å². The van der Waals surface area contributed by atoms with Crippen LogP contribution < -0.4 is 19.9 Å². The van der Waals surface area contributed by atoms with Gasteiger partial charge >= 0.3 is 0 Å². The first-order chi connectivity index (χ1) is 12.7. The van der Waals surface area contributed by atoms with Crippen molar-refractivity contribution in [3.63, 3.8) is 0 Å². The van der Waals surface area contributed by atoms with Gasteiger partial charge in [-0.3, -0.25) is 4.79 Å². The van der Waals surface area contributed by atoms with Gasteiger partial charge in [0, 0.05) is 11.9 Å². The summed E-state index contributed by atoms with van der Waals surface area (Å²) in [6.07, 6.45) is 2.37. The van der Waals surface area contributed by atoms with Gasteiger partial charge in [-0.15, -0.1) is 0 Å². The van der Waals surface area contributed by atoms with Gasteiger partial charge in [0.1, 0.15) is 11.6 Å². The number of carbonyl (C=O) groups is 1. The van der Waals surface area contributed by atoms with Crippen LogP contribution in [0.15, 0.2) is 48.7 Å². The third-order valence-electron chi connectivity index (χ3n) is 4.60. The Bertz CT molecular complexity index is 683. The van der Waals surface area contributed by atoms with E-state index in [-0.39, 0.29) is 5.91 Å². The maximum absolute atomic E-state index is 12.2. The van der Waals surface area contributed by atoms with Crippen molar-refractivity contribution in [2.45, 2.75) is 13.3 Å². The van der Waals surface area contributed by atoms with Crippen LogP contribution in [0.2, 0.25) is 0 Å². The molecule has 2 aromatic rings. The molecule has 6 heteroatoms. The second-order valence-electron chi connectivity index (χ2n) is 6.43. The normalized spacial score (nSPS) is 14.9. The number of nitrogens with zero attached hydrogens (tertiary/aromatic N) is 2. The van der Waals surface area contributed by atoms with Crippen molar-refractivity contribution in [2.75, 3.05) is 49.5 Å². The molecule has 1 aromatic heterocycles. The minimum absolute atomic E-state index is 0.0637. The molecular formula is C20H27N4O2+. The Kier molecular flexibility index (Phi) is 6.44. The summed E-state index contributed by atoms with van der Waals surface area (Å²) in [5.74, 6) is 1.93. The van der Waals surface area contributed by atoms with Crippen LogP contribution in [0.25, 0.3) is 0 Å². The van der Waals surface area contributed by atoms with Crippen molar-refractivity contribution in [1.82, 2.24) is 4.98 Å². The van der Waals surface area contributed by atoms with Gasteiger partial charge in [-0.1, -0.05) is 6.07 Å². The molecule has 0 bridgehead atoms. The predicted octanol–water partition coefficient (Wildman–Crippen LogP) is 1.21. The molecule has 1 aromatic carbocycles. The molecule has 1 fully saturated rings. The molecule has 0 atom stereocenters. The second kappa shape index (κ2) is 9.20. The molecule has 26 heavy (non-hydrogen) atoms. The maximum Gasteiger partial charge on any atom is 0.230 e.